The number of nitrogens with zero attached hydrogens (tertiary/aromatic N) is 1. The molecule has 104 valence electrons. The summed E-state index contributed by atoms with van der Waals surface area (Å²) in [5, 5.41) is 0. The SMILES string of the molecule is CN(CC1CCCC1)C(=O)Cc1ccccc1CN. The van der Waals surface area contributed by atoms with Gasteiger partial charge in [-0.3, -0.25) is 4.79 Å². The number of likely N-dealkylation sites (N-methyl/N-ethyl adjacent to an activating group) is 1. The number of carbonyl (C=O) groups is 1. The van der Waals surface area contributed by atoms with Gasteiger partial charge in [-0.15, -0.1) is 0 Å². The first-order valence-corrected chi connectivity index (χ1v) is 7.21. The van der Waals surface area contributed by atoms with E-state index in [-0.39, 0.29) is 5.91 Å². The van der Waals surface area contributed by atoms with Crippen molar-refractivity contribution in [3.8, 4) is 0 Å². The maximum absolute atomic E-state index is 12.3. The quantitative estimate of drug-likeness (QED) is 0.883. The van der Waals surface area contributed by atoms with Crippen molar-refractivity contribution in [3.63, 3.8) is 0 Å². The fraction of sp³-hybridized carbons (Fsp3) is 0.562. The van der Waals surface area contributed by atoms with Crippen LogP contribution in [0.2, 0.25) is 0 Å². The summed E-state index contributed by atoms with van der Waals surface area (Å²) in [5.74, 6) is 0.909. The van der Waals surface area contributed by atoms with E-state index in [4.69, 9.17) is 5.73 Å². The van der Waals surface area contributed by atoms with Crippen LogP contribution < -0.4 is 5.73 Å². The van der Waals surface area contributed by atoms with Crippen molar-refractivity contribution in [1.82, 2.24) is 4.90 Å². The summed E-state index contributed by atoms with van der Waals surface area (Å²) in [6.07, 6.45) is 5.66. The maximum Gasteiger partial charge on any atom is 0.226 e. The third-order valence-electron chi connectivity index (χ3n) is 4.11. The van der Waals surface area contributed by atoms with Gasteiger partial charge in [-0.1, -0.05) is 37.1 Å². The Bertz CT molecular complexity index is 425. The van der Waals surface area contributed by atoms with Gasteiger partial charge in [-0.2, -0.15) is 0 Å². The minimum absolute atomic E-state index is 0.202. The molecule has 2 rings (SSSR count). The highest BCUT2D eigenvalue weighted by molar-refractivity contribution is 5.78. The van der Waals surface area contributed by atoms with Crippen LogP contribution in [0.3, 0.4) is 0 Å². The van der Waals surface area contributed by atoms with Gasteiger partial charge in [0.2, 0.25) is 5.91 Å². The average molecular weight is 260 g/mol. The van der Waals surface area contributed by atoms with Gasteiger partial charge in [0, 0.05) is 20.1 Å². The van der Waals surface area contributed by atoms with Crippen molar-refractivity contribution in [2.75, 3.05) is 13.6 Å². The van der Waals surface area contributed by atoms with Gasteiger partial charge in [0.1, 0.15) is 0 Å². The molecule has 1 aliphatic carbocycles. The minimum Gasteiger partial charge on any atom is -0.345 e. The van der Waals surface area contributed by atoms with Crippen LogP contribution in [0.4, 0.5) is 0 Å². The van der Waals surface area contributed by atoms with Gasteiger partial charge in [-0.05, 0) is 29.9 Å². The third kappa shape index (κ3) is 3.80. The first kappa shape index (κ1) is 14.1. The Hall–Kier alpha value is -1.35. The van der Waals surface area contributed by atoms with Gasteiger partial charge >= 0.3 is 0 Å². The molecule has 19 heavy (non-hydrogen) atoms. The van der Waals surface area contributed by atoms with Crippen LogP contribution in [-0.2, 0) is 17.8 Å². The maximum atomic E-state index is 12.3. The fourth-order valence-corrected chi connectivity index (χ4v) is 2.91. The summed E-state index contributed by atoms with van der Waals surface area (Å²) in [5.41, 5.74) is 7.85. The molecule has 1 aromatic rings. The second-order valence-corrected chi connectivity index (χ2v) is 5.57. The largest absolute Gasteiger partial charge is 0.345 e. The Morgan fingerprint density at radius 2 is 1.89 bits per heavy atom. The van der Waals surface area contributed by atoms with Gasteiger partial charge in [0.15, 0.2) is 0 Å². The zero-order chi connectivity index (χ0) is 13.7. The third-order valence-corrected chi connectivity index (χ3v) is 4.11. The smallest absolute Gasteiger partial charge is 0.226 e. The van der Waals surface area contributed by atoms with E-state index in [0.29, 0.717) is 18.9 Å². The van der Waals surface area contributed by atoms with Crippen LogP contribution in [0.15, 0.2) is 24.3 Å². The molecule has 0 saturated heterocycles. The monoisotopic (exact) mass is 260 g/mol. The molecule has 0 bridgehead atoms. The van der Waals surface area contributed by atoms with Crippen LogP contribution in [0.1, 0.15) is 36.8 Å². The van der Waals surface area contributed by atoms with Crippen molar-refractivity contribution in [1.29, 1.82) is 0 Å². The summed E-state index contributed by atoms with van der Waals surface area (Å²) in [7, 11) is 1.92. The Morgan fingerprint density at radius 3 is 2.53 bits per heavy atom. The molecule has 0 atom stereocenters. The zero-order valence-electron chi connectivity index (χ0n) is 11.8. The summed E-state index contributed by atoms with van der Waals surface area (Å²) in [6.45, 7) is 1.40. The second kappa shape index (κ2) is 6.71. The minimum atomic E-state index is 0.202. The summed E-state index contributed by atoms with van der Waals surface area (Å²) in [6, 6.07) is 7.94. The lowest BCUT2D eigenvalue weighted by Gasteiger charge is -2.21. The highest BCUT2D eigenvalue weighted by atomic mass is 16.2. The lowest BCUT2D eigenvalue weighted by molar-refractivity contribution is -0.129. The molecule has 1 aromatic carbocycles. The molecule has 0 aromatic heterocycles. The van der Waals surface area contributed by atoms with E-state index >= 15 is 0 Å². The van der Waals surface area contributed by atoms with Crippen molar-refractivity contribution in [2.45, 2.75) is 38.6 Å². The molecule has 0 spiro atoms. The Morgan fingerprint density at radius 1 is 1.26 bits per heavy atom. The van der Waals surface area contributed by atoms with Crippen LogP contribution in [-0.4, -0.2) is 24.4 Å². The van der Waals surface area contributed by atoms with Crippen molar-refractivity contribution in [3.05, 3.63) is 35.4 Å². The van der Waals surface area contributed by atoms with E-state index in [1.54, 1.807) is 0 Å². The zero-order valence-corrected chi connectivity index (χ0v) is 11.8. The van der Waals surface area contributed by atoms with E-state index in [0.717, 1.165) is 17.7 Å². The molecule has 0 unspecified atom stereocenters. The van der Waals surface area contributed by atoms with Crippen LogP contribution in [0.25, 0.3) is 0 Å². The molecule has 0 aliphatic heterocycles. The van der Waals surface area contributed by atoms with E-state index in [1.165, 1.54) is 25.7 Å². The molecule has 1 saturated carbocycles. The van der Waals surface area contributed by atoms with E-state index < -0.39 is 0 Å². The number of rotatable bonds is 5. The molecule has 1 aliphatic rings. The highest BCUT2D eigenvalue weighted by Gasteiger charge is 2.19. The number of carbonyl (C=O) groups excluding carboxylic acids is 1. The molecule has 0 radical (unpaired) electrons. The first-order chi connectivity index (χ1) is 9.20. The Balaban J connectivity index is 1.92. The lowest BCUT2D eigenvalue weighted by Crippen LogP contribution is -2.32. The second-order valence-electron chi connectivity index (χ2n) is 5.57. The van der Waals surface area contributed by atoms with Gasteiger partial charge in [0.25, 0.3) is 0 Å². The van der Waals surface area contributed by atoms with Gasteiger partial charge in [0.05, 0.1) is 6.42 Å². The highest BCUT2D eigenvalue weighted by Crippen LogP contribution is 2.25. The lowest BCUT2D eigenvalue weighted by atomic mass is 10.0. The molecule has 2 N–H and O–H groups in total. The van der Waals surface area contributed by atoms with Crippen molar-refractivity contribution >= 4 is 5.91 Å². The summed E-state index contributed by atoms with van der Waals surface area (Å²) < 4.78 is 0. The number of hydrogen-bond acceptors (Lipinski definition) is 2. The number of hydrogen-bond donors (Lipinski definition) is 1. The van der Waals surface area contributed by atoms with E-state index in [1.807, 2.05) is 36.2 Å². The van der Waals surface area contributed by atoms with Crippen LogP contribution in [0, 0.1) is 5.92 Å². The van der Waals surface area contributed by atoms with E-state index in [9.17, 15) is 4.79 Å². The fourth-order valence-electron chi connectivity index (χ4n) is 2.91. The Kier molecular flexibility index (Phi) is 4.97. The van der Waals surface area contributed by atoms with Crippen molar-refractivity contribution < 1.29 is 4.79 Å². The molecule has 0 heterocycles. The van der Waals surface area contributed by atoms with Gasteiger partial charge in [-0.25, -0.2) is 0 Å². The Labute approximate surface area is 115 Å². The first-order valence-electron chi connectivity index (χ1n) is 7.21. The van der Waals surface area contributed by atoms with Crippen LogP contribution >= 0.6 is 0 Å². The average Bonchev–Trinajstić information content (AvgIpc) is 2.92. The summed E-state index contributed by atoms with van der Waals surface area (Å²) in [4.78, 5) is 14.1. The molecular formula is C16H24N2O. The standard InChI is InChI=1S/C16H24N2O/c1-18(12-13-6-2-3-7-13)16(19)10-14-8-4-5-9-15(14)11-17/h4-5,8-9,13H,2-3,6-7,10-12,17H2,1H3. The number of nitrogens with two attached hydrogens (primary N) is 1. The van der Waals surface area contributed by atoms with E-state index in [2.05, 4.69) is 0 Å². The van der Waals surface area contributed by atoms with Gasteiger partial charge < -0.3 is 10.6 Å². The number of amides is 1. The molecule has 3 nitrogen and oxygen atoms in total. The molecule has 1 amide bonds. The van der Waals surface area contributed by atoms with Crippen LogP contribution in [0.5, 0.6) is 0 Å². The normalized spacial score (nSPS) is 15.7. The van der Waals surface area contributed by atoms with Crippen molar-refractivity contribution in [2.24, 2.45) is 11.7 Å². The summed E-state index contributed by atoms with van der Waals surface area (Å²) >= 11 is 0. The molecular weight excluding hydrogens is 236 g/mol. The molecule has 1 fully saturated rings. The molecule has 3 heteroatoms. The predicted molar refractivity (Wildman–Crippen MR) is 77.6 cm³/mol. The topological polar surface area (TPSA) is 46.3 Å². The number of benzene rings is 1. The predicted octanol–water partition coefficient (Wildman–Crippen LogP) is 2.34.